The van der Waals surface area contributed by atoms with Crippen LogP contribution in [0.1, 0.15) is 283 Å². The molecular formula is C79H147N5O11. The second-order valence-corrected chi connectivity index (χ2v) is 33.5. The molecule has 14 unspecified atom stereocenters. The second kappa shape index (κ2) is 42.3. The van der Waals surface area contributed by atoms with Crippen molar-refractivity contribution in [1.82, 2.24) is 26.6 Å². The Balaban J connectivity index is 0.000000523. The predicted octanol–water partition coefficient (Wildman–Crippen LogP) is 14.5. The topological polar surface area (TPSA) is 217 Å². The molecule has 15 atom stereocenters. The fourth-order valence-electron chi connectivity index (χ4n) is 16.2. The number of nitrogens with one attached hydrogen (secondary N) is 5. The van der Waals surface area contributed by atoms with Gasteiger partial charge >= 0.3 is 0 Å². The Morgan fingerprint density at radius 2 is 0.926 bits per heavy atom. The fraction of sp³-hybridized carbons (Fsp3) is 0.911. The highest BCUT2D eigenvalue weighted by atomic mass is 16.5. The number of hydrogen-bond acceptors (Lipinski definition) is 14. The largest absolute Gasteiger partial charge is 0.379 e. The SMILES string of the molecule is CC(C)NC(CCC(=O)NC(CCC(=O)NC(CCC(=O)C(C)C)C(=O)C(C)C)C(=O)C(C)C)C(=O)C(C)C.CC(C)NCCCC(NC(C)C)C(=O)C(C)C.CC(C)OCC1CC2C(C(OC(C)C)CC3CC(OC(C)C)CCC32C)C2CCC([C@H](C)COC(C)C)C12C. The lowest BCUT2D eigenvalue weighted by molar-refractivity contribution is -0.220. The smallest absolute Gasteiger partial charge is 0.220 e. The lowest BCUT2D eigenvalue weighted by atomic mass is 9.41. The molecule has 16 nitrogen and oxygen atoms in total. The van der Waals surface area contributed by atoms with E-state index in [0.29, 0.717) is 95.5 Å². The molecule has 0 aromatic carbocycles. The fourth-order valence-corrected chi connectivity index (χ4v) is 16.2. The molecule has 4 aliphatic rings. The van der Waals surface area contributed by atoms with Crippen LogP contribution < -0.4 is 26.6 Å². The van der Waals surface area contributed by atoms with Gasteiger partial charge in [-0.25, -0.2) is 0 Å². The number of carbonyl (C=O) groups is 7. The van der Waals surface area contributed by atoms with Crippen LogP contribution in [-0.2, 0) is 52.5 Å². The number of rotatable bonds is 40. The average molecular weight is 1340 g/mol. The van der Waals surface area contributed by atoms with E-state index >= 15 is 0 Å². The Labute approximate surface area is 581 Å². The first kappa shape index (κ1) is 88.1. The van der Waals surface area contributed by atoms with Crippen molar-refractivity contribution >= 4 is 40.7 Å². The average Bonchev–Trinajstić information content (AvgIpc) is 1.68. The molecular weight excluding hydrogens is 1190 g/mol. The van der Waals surface area contributed by atoms with E-state index in [4.69, 9.17) is 18.9 Å². The molecule has 0 aromatic rings. The first-order valence-electron chi connectivity index (χ1n) is 38.1. The van der Waals surface area contributed by atoms with E-state index in [1.807, 2.05) is 41.5 Å². The Morgan fingerprint density at radius 3 is 1.37 bits per heavy atom. The lowest BCUT2D eigenvalue weighted by Crippen LogP contribution is -2.62. The van der Waals surface area contributed by atoms with Crippen LogP contribution in [0.2, 0.25) is 0 Å². The van der Waals surface area contributed by atoms with Crippen molar-refractivity contribution in [2.45, 2.75) is 362 Å². The monoisotopic (exact) mass is 1340 g/mol. The van der Waals surface area contributed by atoms with Crippen LogP contribution in [-0.4, -0.2) is 139 Å². The highest BCUT2D eigenvalue weighted by Crippen LogP contribution is 2.70. The van der Waals surface area contributed by atoms with Crippen molar-refractivity contribution in [2.75, 3.05) is 19.8 Å². The summed E-state index contributed by atoms with van der Waals surface area (Å²) in [7, 11) is 0. The summed E-state index contributed by atoms with van der Waals surface area (Å²) in [6, 6.07) is -1.12. The summed E-state index contributed by atoms with van der Waals surface area (Å²) in [4.78, 5) is 87.7. The highest BCUT2D eigenvalue weighted by molar-refractivity contribution is 5.93. The molecule has 0 aliphatic heterocycles. The second-order valence-electron chi connectivity index (χ2n) is 33.5. The zero-order valence-corrected chi connectivity index (χ0v) is 65.7. The van der Waals surface area contributed by atoms with Crippen LogP contribution in [0.4, 0.5) is 0 Å². The van der Waals surface area contributed by atoms with Gasteiger partial charge in [0.15, 0.2) is 23.1 Å². The number of ether oxygens (including phenoxy) is 4. The van der Waals surface area contributed by atoms with E-state index in [2.05, 4.69) is 130 Å². The Hall–Kier alpha value is -2.99. The van der Waals surface area contributed by atoms with Gasteiger partial charge in [-0.05, 0) is 191 Å². The third-order valence-corrected chi connectivity index (χ3v) is 21.2. The quantitative estimate of drug-likeness (QED) is 0.0361. The van der Waals surface area contributed by atoms with Crippen LogP contribution in [0.5, 0.6) is 0 Å². The molecule has 0 heterocycles. The molecule has 95 heavy (non-hydrogen) atoms. The zero-order valence-electron chi connectivity index (χ0n) is 65.7. The van der Waals surface area contributed by atoms with Crippen LogP contribution in [0.3, 0.4) is 0 Å². The molecule has 554 valence electrons. The molecule has 4 rings (SSSR count). The van der Waals surface area contributed by atoms with Gasteiger partial charge in [-0.3, -0.25) is 33.6 Å². The molecule has 0 bridgehead atoms. The van der Waals surface area contributed by atoms with Gasteiger partial charge in [0.05, 0.1) is 67.4 Å². The molecule has 0 radical (unpaired) electrons. The van der Waals surface area contributed by atoms with Gasteiger partial charge in [0.25, 0.3) is 0 Å². The Bertz CT molecular complexity index is 2300. The maximum atomic E-state index is 12.8. The maximum absolute atomic E-state index is 12.8. The van der Waals surface area contributed by atoms with E-state index in [9.17, 15) is 33.6 Å². The van der Waals surface area contributed by atoms with Crippen LogP contribution in [0.15, 0.2) is 0 Å². The third-order valence-electron chi connectivity index (χ3n) is 21.2. The summed E-state index contributed by atoms with van der Waals surface area (Å²) in [5, 5.41) is 15.5. The zero-order chi connectivity index (χ0) is 72.6. The third kappa shape index (κ3) is 28.9. The van der Waals surface area contributed by atoms with Crippen molar-refractivity contribution < 1.29 is 52.5 Å². The minimum Gasteiger partial charge on any atom is -0.379 e. The number of hydrogen-bond donors (Lipinski definition) is 5. The van der Waals surface area contributed by atoms with Crippen molar-refractivity contribution in [3.63, 3.8) is 0 Å². The summed E-state index contributed by atoms with van der Waals surface area (Å²) in [5.74, 6) is 3.01. The molecule has 16 heteroatoms. The summed E-state index contributed by atoms with van der Waals surface area (Å²) in [5.41, 5.74) is 0.649. The minimum absolute atomic E-state index is 0.0176. The highest BCUT2D eigenvalue weighted by Gasteiger charge is 2.66. The summed E-state index contributed by atoms with van der Waals surface area (Å²) >= 11 is 0. The van der Waals surface area contributed by atoms with Crippen molar-refractivity contribution in [1.29, 1.82) is 0 Å². The van der Waals surface area contributed by atoms with Crippen molar-refractivity contribution in [2.24, 2.45) is 81.8 Å². The van der Waals surface area contributed by atoms with Gasteiger partial charge in [-0.1, -0.05) is 132 Å². The van der Waals surface area contributed by atoms with E-state index in [1.54, 1.807) is 41.5 Å². The van der Waals surface area contributed by atoms with Gasteiger partial charge in [-0.15, -0.1) is 0 Å². The lowest BCUT2D eigenvalue weighted by Gasteiger charge is -2.65. The number of carbonyl (C=O) groups excluding carboxylic acids is 7. The number of Topliss-reactive ketones (excluding diaryl/α,β-unsaturated/α-hetero) is 5. The molecule has 5 N–H and O–H groups in total. The molecule has 4 saturated carbocycles. The van der Waals surface area contributed by atoms with E-state index in [1.165, 1.54) is 44.9 Å². The molecule has 4 aliphatic carbocycles. The first-order valence-corrected chi connectivity index (χ1v) is 38.1. The van der Waals surface area contributed by atoms with Crippen molar-refractivity contribution in [3.05, 3.63) is 0 Å². The summed E-state index contributed by atoms with van der Waals surface area (Å²) in [6.45, 7) is 58.7. The van der Waals surface area contributed by atoms with E-state index < -0.39 is 24.0 Å². The van der Waals surface area contributed by atoms with Gasteiger partial charge in [-0.2, -0.15) is 0 Å². The van der Waals surface area contributed by atoms with Gasteiger partial charge in [0.1, 0.15) is 5.78 Å². The summed E-state index contributed by atoms with van der Waals surface area (Å²) < 4.78 is 26.1. The Kier molecular flexibility index (Phi) is 39.2. The van der Waals surface area contributed by atoms with E-state index in [0.717, 1.165) is 32.6 Å². The van der Waals surface area contributed by atoms with Crippen LogP contribution >= 0.6 is 0 Å². The standard InChI is InChI=1S/C35H64O4.C30H53N3O6.C14H30N2O/c1-21(2)36-19-25(9)29-12-13-30-33-31(17-27(35(29,30)11)20-37-22(3)4)34(10)15-14-28(38-23(5)6)16-26(34)18-32(33)39-24(7)8;1-17(2)25(34)14-11-23(29(38)19(5)6)32-27(36)16-13-24(30(39)20(7)8)33-26(35)15-12-22(31-21(9)10)28(37)18(3)4;1-10(2)14(17)13(16-12(5)6)8-7-9-15-11(3)4/h21-33H,12-20H2,1-11H3;17-24,31H,11-16H2,1-10H3,(H,32,36)(H,33,35);10-13,15-16H,7-9H2,1-6H3/t25-,26?,27?,28?,29?,30?,31?,32?,33?,34?,35?;;/m1../s1. The molecule has 0 aromatic heterocycles. The first-order chi connectivity index (χ1) is 44.1. The van der Waals surface area contributed by atoms with Gasteiger partial charge in [0.2, 0.25) is 11.8 Å². The number of amides is 2. The Morgan fingerprint density at radius 1 is 0.463 bits per heavy atom. The predicted molar refractivity (Wildman–Crippen MR) is 388 cm³/mol. The molecule has 4 fully saturated rings. The normalized spacial score (nSPS) is 25.9. The maximum Gasteiger partial charge on any atom is 0.220 e. The van der Waals surface area contributed by atoms with E-state index in [-0.39, 0.29) is 120 Å². The van der Waals surface area contributed by atoms with Crippen LogP contribution in [0, 0.1) is 81.8 Å². The number of fused-ring (bicyclic) bond motifs is 5. The van der Waals surface area contributed by atoms with Crippen LogP contribution in [0.25, 0.3) is 0 Å². The van der Waals surface area contributed by atoms with Crippen molar-refractivity contribution in [3.8, 4) is 0 Å². The molecule has 0 spiro atoms. The van der Waals surface area contributed by atoms with Gasteiger partial charge < -0.3 is 45.5 Å². The van der Waals surface area contributed by atoms with Gasteiger partial charge in [0, 0.05) is 73.6 Å². The minimum atomic E-state index is -0.859. The summed E-state index contributed by atoms with van der Waals surface area (Å²) in [6.07, 6.45) is 13.6. The number of ketones is 5. The molecule has 2 amide bonds. The molecule has 0 saturated heterocycles.